The predicted molar refractivity (Wildman–Crippen MR) is 96.8 cm³/mol. The summed E-state index contributed by atoms with van der Waals surface area (Å²) in [6.45, 7) is 2.76. The van der Waals surface area contributed by atoms with Gasteiger partial charge in [-0.2, -0.15) is 4.72 Å². The van der Waals surface area contributed by atoms with Gasteiger partial charge in [-0.25, -0.2) is 12.8 Å². The lowest BCUT2D eigenvalue weighted by Gasteiger charge is -2.24. The summed E-state index contributed by atoms with van der Waals surface area (Å²) in [4.78, 5) is 24.1. The van der Waals surface area contributed by atoms with Gasteiger partial charge in [-0.15, -0.1) is 0 Å². The zero-order valence-corrected chi connectivity index (χ0v) is 16.2. The Labute approximate surface area is 158 Å². The lowest BCUT2D eigenvalue weighted by atomic mass is 9.95. The summed E-state index contributed by atoms with van der Waals surface area (Å²) < 4.78 is 44.6. The summed E-state index contributed by atoms with van der Waals surface area (Å²) >= 11 is 0. The van der Waals surface area contributed by atoms with Gasteiger partial charge in [0, 0.05) is 6.04 Å². The van der Waals surface area contributed by atoms with Crippen LogP contribution in [0.2, 0.25) is 0 Å². The van der Waals surface area contributed by atoms with Crippen molar-refractivity contribution in [3.63, 3.8) is 0 Å². The second kappa shape index (κ2) is 9.27. The van der Waals surface area contributed by atoms with Crippen molar-refractivity contribution in [2.24, 2.45) is 0 Å². The molecule has 0 bridgehead atoms. The average Bonchev–Trinajstić information content (AvgIpc) is 2.62. The fourth-order valence-electron chi connectivity index (χ4n) is 2.86. The monoisotopic (exact) mass is 400 g/mol. The molecule has 2 N–H and O–H groups in total. The first kappa shape index (κ1) is 21.3. The van der Waals surface area contributed by atoms with Crippen LogP contribution in [0.15, 0.2) is 29.2 Å². The maximum atomic E-state index is 12.9. The highest BCUT2D eigenvalue weighted by Crippen LogP contribution is 2.17. The highest BCUT2D eigenvalue weighted by atomic mass is 32.2. The van der Waals surface area contributed by atoms with E-state index < -0.39 is 39.9 Å². The highest BCUT2D eigenvalue weighted by molar-refractivity contribution is 7.89. The summed E-state index contributed by atoms with van der Waals surface area (Å²) in [6, 6.07) is 3.09. The van der Waals surface area contributed by atoms with E-state index in [1.165, 1.54) is 13.8 Å². The number of rotatable bonds is 7. The first-order chi connectivity index (χ1) is 12.7. The number of ether oxygens (including phenoxy) is 1. The molecular weight excluding hydrogens is 375 g/mol. The standard InChI is InChI=1S/C18H25FN2O5S/c1-12(21-27(24,25)16-10-8-14(19)9-11-16)18(23)26-13(2)17(22)20-15-6-4-3-5-7-15/h8-13,15,21H,3-7H2,1-2H3,(H,20,22). The molecule has 0 aliphatic heterocycles. The molecule has 1 saturated carbocycles. The van der Waals surface area contributed by atoms with Crippen LogP contribution in [0.25, 0.3) is 0 Å². The molecule has 1 fully saturated rings. The van der Waals surface area contributed by atoms with Crippen LogP contribution >= 0.6 is 0 Å². The summed E-state index contributed by atoms with van der Waals surface area (Å²) in [7, 11) is -4.02. The number of nitrogens with one attached hydrogen (secondary N) is 2. The van der Waals surface area contributed by atoms with E-state index in [-0.39, 0.29) is 10.9 Å². The molecule has 2 unspecified atom stereocenters. The van der Waals surface area contributed by atoms with Crippen LogP contribution < -0.4 is 10.0 Å². The molecular formula is C18H25FN2O5S. The molecule has 0 aromatic heterocycles. The Morgan fingerprint density at radius 3 is 2.30 bits per heavy atom. The Balaban J connectivity index is 1.88. The Kier molecular flexibility index (Phi) is 7.32. The molecule has 9 heteroatoms. The number of esters is 1. The summed E-state index contributed by atoms with van der Waals surface area (Å²) in [5.41, 5.74) is 0. The van der Waals surface area contributed by atoms with Gasteiger partial charge < -0.3 is 10.1 Å². The van der Waals surface area contributed by atoms with E-state index in [1.54, 1.807) is 0 Å². The Morgan fingerprint density at radius 1 is 1.11 bits per heavy atom. The zero-order valence-electron chi connectivity index (χ0n) is 15.4. The fourth-order valence-corrected chi connectivity index (χ4v) is 4.05. The lowest BCUT2D eigenvalue weighted by molar-refractivity contribution is -0.156. The third kappa shape index (κ3) is 6.28. The van der Waals surface area contributed by atoms with Crippen LogP contribution in [-0.4, -0.2) is 38.5 Å². The van der Waals surface area contributed by atoms with Crippen molar-refractivity contribution in [2.45, 2.75) is 69.0 Å². The fraction of sp³-hybridized carbons (Fsp3) is 0.556. The van der Waals surface area contributed by atoms with E-state index in [1.807, 2.05) is 0 Å². The molecule has 1 amide bonds. The topological polar surface area (TPSA) is 102 Å². The van der Waals surface area contributed by atoms with Crippen molar-refractivity contribution < 1.29 is 27.1 Å². The minimum absolute atomic E-state index is 0.0850. The van der Waals surface area contributed by atoms with Crippen LogP contribution in [0.3, 0.4) is 0 Å². The normalized spacial score (nSPS) is 17.7. The molecule has 2 rings (SSSR count). The van der Waals surface area contributed by atoms with Gasteiger partial charge >= 0.3 is 5.97 Å². The molecule has 0 saturated heterocycles. The van der Waals surface area contributed by atoms with E-state index in [4.69, 9.17) is 4.74 Å². The van der Waals surface area contributed by atoms with Crippen molar-refractivity contribution >= 4 is 21.9 Å². The van der Waals surface area contributed by atoms with Crippen LogP contribution in [0.1, 0.15) is 46.0 Å². The van der Waals surface area contributed by atoms with E-state index in [0.29, 0.717) is 0 Å². The van der Waals surface area contributed by atoms with Crippen LogP contribution in [-0.2, 0) is 24.3 Å². The molecule has 1 aliphatic carbocycles. The molecule has 27 heavy (non-hydrogen) atoms. The predicted octanol–water partition coefficient (Wildman–Crippen LogP) is 1.87. The number of carbonyl (C=O) groups is 2. The van der Waals surface area contributed by atoms with Gasteiger partial charge in [0.2, 0.25) is 10.0 Å². The molecule has 2 atom stereocenters. The largest absolute Gasteiger partial charge is 0.451 e. The second-order valence-corrected chi connectivity index (χ2v) is 8.43. The number of amides is 1. The third-order valence-corrected chi connectivity index (χ3v) is 5.98. The first-order valence-electron chi connectivity index (χ1n) is 8.98. The van der Waals surface area contributed by atoms with Crippen molar-refractivity contribution in [2.75, 3.05) is 0 Å². The Hall–Kier alpha value is -2.00. The number of benzene rings is 1. The molecule has 7 nitrogen and oxygen atoms in total. The van der Waals surface area contributed by atoms with Gasteiger partial charge in [-0.1, -0.05) is 19.3 Å². The van der Waals surface area contributed by atoms with Crippen LogP contribution in [0, 0.1) is 5.82 Å². The quantitative estimate of drug-likeness (QED) is 0.681. The number of sulfonamides is 1. The second-order valence-electron chi connectivity index (χ2n) is 6.72. The molecule has 1 aliphatic rings. The maximum absolute atomic E-state index is 12.9. The minimum atomic E-state index is -4.02. The third-order valence-electron chi connectivity index (χ3n) is 4.42. The van der Waals surface area contributed by atoms with Gasteiger partial charge in [-0.3, -0.25) is 9.59 Å². The van der Waals surface area contributed by atoms with Gasteiger partial charge in [0.15, 0.2) is 6.10 Å². The molecule has 1 aromatic rings. The summed E-state index contributed by atoms with van der Waals surface area (Å²) in [6.07, 6.45) is 4.04. The lowest BCUT2D eigenvalue weighted by Crippen LogP contribution is -2.46. The zero-order chi connectivity index (χ0) is 20.0. The minimum Gasteiger partial charge on any atom is -0.451 e. The van der Waals surface area contributed by atoms with Crippen molar-refractivity contribution in [1.82, 2.24) is 10.0 Å². The van der Waals surface area contributed by atoms with Crippen molar-refractivity contribution in [3.05, 3.63) is 30.1 Å². The van der Waals surface area contributed by atoms with Gasteiger partial charge in [0.1, 0.15) is 11.9 Å². The molecule has 0 spiro atoms. The van der Waals surface area contributed by atoms with Gasteiger partial charge in [0.25, 0.3) is 5.91 Å². The SMILES string of the molecule is CC(NS(=O)(=O)c1ccc(F)cc1)C(=O)OC(C)C(=O)NC1CCCCC1. The van der Waals surface area contributed by atoms with Gasteiger partial charge in [-0.05, 0) is 51.0 Å². The number of halogens is 1. The van der Waals surface area contributed by atoms with Crippen LogP contribution in [0.4, 0.5) is 4.39 Å². The summed E-state index contributed by atoms with van der Waals surface area (Å²) in [5.74, 6) is -1.84. The Bertz CT molecular complexity index is 760. The van der Waals surface area contributed by atoms with Gasteiger partial charge in [0.05, 0.1) is 4.90 Å². The van der Waals surface area contributed by atoms with Crippen molar-refractivity contribution in [1.29, 1.82) is 0 Å². The summed E-state index contributed by atoms with van der Waals surface area (Å²) in [5, 5.41) is 2.85. The molecule has 1 aromatic carbocycles. The molecule has 0 heterocycles. The highest BCUT2D eigenvalue weighted by Gasteiger charge is 2.27. The number of carbonyl (C=O) groups excluding carboxylic acids is 2. The van der Waals surface area contributed by atoms with E-state index >= 15 is 0 Å². The number of hydrogen-bond donors (Lipinski definition) is 2. The Morgan fingerprint density at radius 2 is 1.70 bits per heavy atom. The van der Waals surface area contributed by atoms with E-state index in [9.17, 15) is 22.4 Å². The average molecular weight is 400 g/mol. The molecule has 150 valence electrons. The smallest absolute Gasteiger partial charge is 0.324 e. The molecule has 0 radical (unpaired) electrons. The van der Waals surface area contributed by atoms with E-state index in [0.717, 1.165) is 56.4 Å². The van der Waals surface area contributed by atoms with Crippen molar-refractivity contribution in [3.8, 4) is 0 Å². The first-order valence-corrected chi connectivity index (χ1v) is 10.5. The van der Waals surface area contributed by atoms with Crippen LogP contribution in [0.5, 0.6) is 0 Å². The number of hydrogen-bond acceptors (Lipinski definition) is 5. The maximum Gasteiger partial charge on any atom is 0.324 e. The van der Waals surface area contributed by atoms with E-state index in [2.05, 4.69) is 10.0 Å².